The number of aromatic nitrogens is 1. The van der Waals surface area contributed by atoms with Gasteiger partial charge in [0, 0.05) is 22.5 Å². The molecule has 0 aliphatic carbocycles. The van der Waals surface area contributed by atoms with Gasteiger partial charge in [-0.05, 0) is 55.0 Å². The molecule has 0 bridgehead atoms. The van der Waals surface area contributed by atoms with Crippen LogP contribution >= 0.6 is 11.6 Å². The monoisotopic (exact) mass is 408 g/mol. The van der Waals surface area contributed by atoms with Crippen LogP contribution in [0.5, 0.6) is 5.75 Å². The number of halogens is 1. The number of aliphatic imine (C=N–C) groups is 1. The lowest BCUT2D eigenvalue weighted by molar-refractivity contribution is 0.0976. The van der Waals surface area contributed by atoms with Crippen molar-refractivity contribution in [3.63, 3.8) is 0 Å². The van der Waals surface area contributed by atoms with Crippen molar-refractivity contribution in [3.8, 4) is 5.75 Å². The van der Waals surface area contributed by atoms with Crippen LogP contribution in [0.1, 0.15) is 21.6 Å². The minimum atomic E-state index is -0.309. The van der Waals surface area contributed by atoms with Crippen LogP contribution in [0.25, 0.3) is 0 Å². The molecule has 2 aromatic carbocycles. The first-order valence-corrected chi connectivity index (χ1v) is 9.36. The second kappa shape index (κ2) is 9.71. The summed E-state index contributed by atoms with van der Waals surface area (Å²) in [6, 6.07) is 18.0. The number of benzene rings is 2. The van der Waals surface area contributed by atoms with Gasteiger partial charge in [-0.1, -0.05) is 29.8 Å². The highest BCUT2D eigenvalue weighted by Crippen LogP contribution is 2.20. The summed E-state index contributed by atoms with van der Waals surface area (Å²) in [4.78, 5) is 21.5. The molecule has 1 amide bonds. The van der Waals surface area contributed by atoms with Gasteiger partial charge in [-0.2, -0.15) is 0 Å². The fourth-order valence-corrected chi connectivity index (χ4v) is 2.73. The van der Waals surface area contributed by atoms with E-state index in [1.165, 1.54) is 0 Å². The van der Waals surface area contributed by atoms with Gasteiger partial charge in [-0.25, -0.2) is 4.99 Å². The van der Waals surface area contributed by atoms with Gasteiger partial charge in [0.25, 0.3) is 5.91 Å². The molecule has 0 radical (unpaired) electrons. The summed E-state index contributed by atoms with van der Waals surface area (Å²) in [6.07, 6.45) is 1.70. The zero-order valence-corrected chi connectivity index (χ0v) is 16.9. The Hall–Kier alpha value is -3.38. The number of pyridine rings is 1. The summed E-state index contributed by atoms with van der Waals surface area (Å²) >= 11 is 6.12. The zero-order chi connectivity index (χ0) is 20.6. The summed E-state index contributed by atoms with van der Waals surface area (Å²) in [7, 11) is 1.56. The number of nitrogens with zero attached hydrogens (tertiary/aromatic N) is 2. The van der Waals surface area contributed by atoms with E-state index in [2.05, 4.69) is 20.6 Å². The molecule has 3 aromatic rings. The fraction of sp³-hybridized carbons (Fsp3) is 0.136. The molecule has 0 saturated carbocycles. The van der Waals surface area contributed by atoms with Crippen molar-refractivity contribution in [2.45, 2.75) is 13.5 Å². The van der Waals surface area contributed by atoms with E-state index in [-0.39, 0.29) is 5.91 Å². The van der Waals surface area contributed by atoms with Gasteiger partial charge in [0.15, 0.2) is 0 Å². The van der Waals surface area contributed by atoms with Crippen LogP contribution in [0.2, 0.25) is 5.02 Å². The standard InChI is InChI=1S/C22H21ClN4O2/c1-15-9-10-17(23)13-20(15)26-22(25-14-18-7-3-4-11-24-18)27-21(28)16-6-5-8-19(12-16)29-2/h3-13H,14H2,1-2H3,(H2,25,26,27,28). The van der Waals surface area contributed by atoms with Crippen molar-refractivity contribution in [2.24, 2.45) is 4.99 Å². The number of rotatable bonds is 5. The molecule has 0 spiro atoms. The van der Waals surface area contributed by atoms with Gasteiger partial charge in [0.1, 0.15) is 5.75 Å². The van der Waals surface area contributed by atoms with Crippen molar-refractivity contribution in [3.05, 3.63) is 88.7 Å². The van der Waals surface area contributed by atoms with Crippen molar-refractivity contribution < 1.29 is 9.53 Å². The molecule has 148 valence electrons. The lowest BCUT2D eigenvalue weighted by Crippen LogP contribution is -2.36. The molecule has 0 unspecified atom stereocenters. The minimum Gasteiger partial charge on any atom is -0.497 e. The van der Waals surface area contributed by atoms with Crippen LogP contribution < -0.4 is 15.4 Å². The largest absolute Gasteiger partial charge is 0.497 e. The van der Waals surface area contributed by atoms with Gasteiger partial charge in [-0.3, -0.25) is 15.1 Å². The van der Waals surface area contributed by atoms with Gasteiger partial charge < -0.3 is 10.1 Å². The number of guanidine groups is 1. The quantitative estimate of drug-likeness (QED) is 0.483. The average molecular weight is 409 g/mol. The average Bonchev–Trinajstić information content (AvgIpc) is 2.75. The Kier molecular flexibility index (Phi) is 6.81. The Morgan fingerprint density at radius 2 is 2.00 bits per heavy atom. The van der Waals surface area contributed by atoms with E-state index in [0.29, 0.717) is 28.8 Å². The number of carbonyl (C=O) groups excluding carboxylic acids is 1. The third-order valence-electron chi connectivity index (χ3n) is 4.14. The van der Waals surface area contributed by atoms with Crippen molar-refractivity contribution >= 4 is 29.2 Å². The second-order valence-corrected chi connectivity index (χ2v) is 6.69. The highest BCUT2D eigenvalue weighted by Gasteiger charge is 2.11. The maximum Gasteiger partial charge on any atom is 0.258 e. The van der Waals surface area contributed by atoms with Gasteiger partial charge in [-0.15, -0.1) is 0 Å². The summed E-state index contributed by atoms with van der Waals surface area (Å²) in [5.74, 6) is 0.591. The Bertz CT molecular complexity index is 1020. The topological polar surface area (TPSA) is 75.6 Å². The molecule has 1 heterocycles. The molecule has 0 aliphatic rings. The SMILES string of the molecule is COc1cccc(C(=O)NC(=NCc2ccccn2)Nc2cc(Cl)ccc2C)c1. The number of nitrogens with one attached hydrogen (secondary N) is 2. The van der Waals surface area contributed by atoms with Gasteiger partial charge in [0.2, 0.25) is 5.96 Å². The zero-order valence-electron chi connectivity index (χ0n) is 16.1. The first-order valence-electron chi connectivity index (χ1n) is 8.98. The van der Waals surface area contributed by atoms with E-state index < -0.39 is 0 Å². The molecule has 0 saturated heterocycles. The predicted octanol–water partition coefficient (Wildman–Crippen LogP) is 4.45. The molecule has 6 nitrogen and oxygen atoms in total. The number of amides is 1. The Morgan fingerprint density at radius 3 is 2.76 bits per heavy atom. The van der Waals surface area contributed by atoms with Crippen LogP contribution in [0.15, 0.2) is 71.9 Å². The van der Waals surface area contributed by atoms with Crippen molar-refractivity contribution in [1.29, 1.82) is 0 Å². The third kappa shape index (κ3) is 5.80. The van der Waals surface area contributed by atoms with Gasteiger partial charge in [0.05, 0.1) is 19.3 Å². The maximum atomic E-state index is 12.7. The second-order valence-electron chi connectivity index (χ2n) is 6.26. The van der Waals surface area contributed by atoms with E-state index in [1.807, 2.05) is 37.3 Å². The Morgan fingerprint density at radius 1 is 1.14 bits per heavy atom. The summed E-state index contributed by atoms with van der Waals surface area (Å²) in [6.45, 7) is 2.25. The number of anilines is 1. The first kappa shape index (κ1) is 20.4. The van der Waals surface area contributed by atoms with E-state index in [4.69, 9.17) is 16.3 Å². The summed E-state index contributed by atoms with van der Waals surface area (Å²) < 4.78 is 5.19. The molecule has 3 rings (SSSR count). The normalized spacial score (nSPS) is 11.1. The molecular weight excluding hydrogens is 388 g/mol. The fourth-order valence-electron chi connectivity index (χ4n) is 2.56. The van der Waals surface area contributed by atoms with Crippen molar-refractivity contribution in [1.82, 2.24) is 10.3 Å². The maximum absolute atomic E-state index is 12.7. The van der Waals surface area contributed by atoms with E-state index >= 15 is 0 Å². The van der Waals surface area contributed by atoms with Crippen LogP contribution in [-0.4, -0.2) is 24.0 Å². The van der Waals surface area contributed by atoms with E-state index in [0.717, 1.165) is 16.9 Å². The third-order valence-corrected chi connectivity index (χ3v) is 4.38. The van der Waals surface area contributed by atoms with Crippen LogP contribution in [-0.2, 0) is 6.54 Å². The first-order chi connectivity index (χ1) is 14.0. The van der Waals surface area contributed by atoms with Gasteiger partial charge >= 0.3 is 0 Å². The highest BCUT2D eigenvalue weighted by atomic mass is 35.5. The number of hydrogen-bond acceptors (Lipinski definition) is 4. The summed E-state index contributed by atoms with van der Waals surface area (Å²) in [5.41, 5.74) is 2.96. The van der Waals surface area contributed by atoms with E-state index in [9.17, 15) is 4.79 Å². The molecule has 0 atom stereocenters. The number of ether oxygens (including phenoxy) is 1. The lowest BCUT2D eigenvalue weighted by atomic mass is 10.2. The highest BCUT2D eigenvalue weighted by molar-refractivity contribution is 6.31. The molecule has 0 fully saturated rings. The Balaban J connectivity index is 1.85. The summed E-state index contributed by atoms with van der Waals surface area (Å²) in [5, 5.41) is 6.57. The van der Waals surface area contributed by atoms with E-state index in [1.54, 1.807) is 43.6 Å². The minimum absolute atomic E-state index is 0.300. The molecule has 1 aromatic heterocycles. The van der Waals surface area contributed by atoms with Crippen molar-refractivity contribution in [2.75, 3.05) is 12.4 Å². The van der Waals surface area contributed by atoms with Crippen LogP contribution in [0.4, 0.5) is 5.69 Å². The van der Waals surface area contributed by atoms with Crippen LogP contribution in [0, 0.1) is 6.92 Å². The Labute approximate surface area is 174 Å². The molecule has 7 heteroatoms. The van der Waals surface area contributed by atoms with Crippen LogP contribution in [0.3, 0.4) is 0 Å². The number of methoxy groups -OCH3 is 1. The lowest BCUT2D eigenvalue weighted by Gasteiger charge is -2.14. The molecular formula is C22H21ClN4O2. The molecule has 2 N–H and O–H groups in total. The predicted molar refractivity (Wildman–Crippen MR) is 116 cm³/mol. The molecule has 29 heavy (non-hydrogen) atoms. The number of carbonyl (C=O) groups is 1. The molecule has 0 aliphatic heterocycles. The smallest absolute Gasteiger partial charge is 0.258 e. The number of aryl methyl sites for hydroxylation is 1. The number of hydrogen-bond donors (Lipinski definition) is 2.